The molecular weight excluding hydrogens is 420 g/mol. The number of nitrogens with zero attached hydrogens (tertiary/aromatic N) is 4. The first kappa shape index (κ1) is 21.4. The molecular formula is C22H21F2N5O3. The third-order valence-electron chi connectivity index (χ3n) is 4.94. The van der Waals surface area contributed by atoms with Gasteiger partial charge in [-0.3, -0.25) is 4.98 Å². The summed E-state index contributed by atoms with van der Waals surface area (Å²) in [6.45, 7) is -2.78. The van der Waals surface area contributed by atoms with Gasteiger partial charge in [0.15, 0.2) is 11.5 Å². The minimum atomic E-state index is -2.89. The van der Waals surface area contributed by atoms with E-state index in [1.54, 1.807) is 16.5 Å². The van der Waals surface area contributed by atoms with Crippen LogP contribution in [0, 0.1) is 0 Å². The lowest BCUT2D eigenvalue weighted by atomic mass is 10.0. The molecule has 0 radical (unpaired) electrons. The van der Waals surface area contributed by atoms with Gasteiger partial charge < -0.3 is 19.9 Å². The van der Waals surface area contributed by atoms with Crippen LogP contribution in [0.3, 0.4) is 0 Å². The number of fused-ring (bicyclic) bond motifs is 1. The second-order valence-electron chi connectivity index (χ2n) is 6.93. The van der Waals surface area contributed by atoms with Gasteiger partial charge in [-0.1, -0.05) is 12.1 Å². The first-order valence-corrected chi connectivity index (χ1v) is 9.84. The van der Waals surface area contributed by atoms with Gasteiger partial charge in [0.1, 0.15) is 5.75 Å². The third kappa shape index (κ3) is 4.59. The minimum absolute atomic E-state index is 0.0470. The van der Waals surface area contributed by atoms with Crippen LogP contribution in [0.25, 0.3) is 17.0 Å². The van der Waals surface area contributed by atoms with Crippen molar-refractivity contribution < 1.29 is 23.4 Å². The van der Waals surface area contributed by atoms with Crippen molar-refractivity contribution in [3.05, 3.63) is 66.5 Å². The maximum atomic E-state index is 12.4. The molecule has 0 fully saturated rings. The molecule has 4 rings (SSSR count). The average Bonchev–Trinajstić information content (AvgIpc) is 3.25. The number of alkyl halides is 2. The summed E-state index contributed by atoms with van der Waals surface area (Å²) in [5.41, 5.74) is 3.01. The Bertz CT molecular complexity index is 1170. The Hall–Kier alpha value is -3.79. The normalized spacial score (nSPS) is 12.2. The van der Waals surface area contributed by atoms with Crippen molar-refractivity contribution in [1.82, 2.24) is 19.6 Å². The molecule has 1 atom stereocenters. The van der Waals surface area contributed by atoms with E-state index in [1.807, 2.05) is 31.3 Å². The van der Waals surface area contributed by atoms with E-state index in [0.717, 1.165) is 11.3 Å². The molecule has 2 heterocycles. The lowest BCUT2D eigenvalue weighted by Gasteiger charge is -2.17. The van der Waals surface area contributed by atoms with Gasteiger partial charge >= 0.3 is 6.61 Å². The molecule has 166 valence electrons. The predicted octanol–water partition coefficient (Wildman–Crippen LogP) is 3.59. The molecule has 1 unspecified atom stereocenters. The Kier molecular flexibility index (Phi) is 6.41. The van der Waals surface area contributed by atoms with Gasteiger partial charge in [-0.15, -0.1) is 10.2 Å². The molecule has 0 saturated carbocycles. The van der Waals surface area contributed by atoms with Crippen LogP contribution in [-0.4, -0.2) is 51.6 Å². The van der Waals surface area contributed by atoms with Crippen molar-refractivity contribution in [2.24, 2.45) is 0 Å². The summed E-state index contributed by atoms with van der Waals surface area (Å²) in [4.78, 5) is 4.14. The van der Waals surface area contributed by atoms with Crippen LogP contribution in [-0.2, 0) is 0 Å². The van der Waals surface area contributed by atoms with Crippen molar-refractivity contribution in [3.8, 4) is 23.0 Å². The standard InChI is InChI=1S/C22H21F2N5O3/c1-25-17-6-2-14(3-7-17)16(12-30)13-31-20-11-26-10-19-27-28-21(29(19)20)15-4-8-18(9-5-15)32-22(23)24/h2-11,16,22,25,30H,12-13H2,1H3. The smallest absolute Gasteiger partial charge is 0.387 e. The molecule has 0 saturated heterocycles. The molecule has 0 aliphatic heterocycles. The molecule has 4 aromatic rings. The van der Waals surface area contributed by atoms with E-state index >= 15 is 0 Å². The van der Waals surface area contributed by atoms with Crippen LogP contribution in [0.1, 0.15) is 11.5 Å². The molecule has 0 bridgehead atoms. The second kappa shape index (κ2) is 9.56. The molecule has 0 aliphatic carbocycles. The molecule has 2 aromatic heterocycles. The maximum Gasteiger partial charge on any atom is 0.387 e. The van der Waals surface area contributed by atoms with Crippen molar-refractivity contribution in [2.75, 3.05) is 25.6 Å². The van der Waals surface area contributed by atoms with E-state index in [9.17, 15) is 13.9 Å². The van der Waals surface area contributed by atoms with E-state index in [2.05, 4.69) is 25.2 Å². The summed E-state index contributed by atoms with van der Waals surface area (Å²) >= 11 is 0. The summed E-state index contributed by atoms with van der Waals surface area (Å²) in [5.74, 6) is 0.647. The lowest BCUT2D eigenvalue weighted by molar-refractivity contribution is -0.0498. The fourth-order valence-corrected chi connectivity index (χ4v) is 3.26. The number of ether oxygens (including phenoxy) is 2. The van der Waals surface area contributed by atoms with Crippen LogP contribution >= 0.6 is 0 Å². The molecule has 2 N–H and O–H groups in total. The maximum absolute atomic E-state index is 12.4. The number of rotatable bonds is 9. The topological polar surface area (TPSA) is 93.8 Å². The Labute approximate surface area is 182 Å². The number of aliphatic hydroxyl groups excluding tert-OH is 1. The molecule has 0 spiro atoms. The van der Waals surface area contributed by atoms with Crippen molar-refractivity contribution in [2.45, 2.75) is 12.5 Å². The van der Waals surface area contributed by atoms with Crippen LogP contribution in [0.4, 0.5) is 14.5 Å². The predicted molar refractivity (Wildman–Crippen MR) is 114 cm³/mol. The van der Waals surface area contributed by atoms with Gasteiger partial charge in [-0.05, 0) is 42.0 Å². The van der Waals surface area contributed by atoms with Gasteiger partial charge in [0.2, 0.25) is 5.88 Å². The summed E-state index contributed by atoms with van der Waals surface area (Å²) < 4.78 is 36.9. The second-order valence-corrected chi connectivity index (χ2v) is 6.93. The number of nitrogens with one attached hydrogen (secondary N) is 1. The summed E-state index contributed by atoms with van der Waals surface area (Å²) in [5, 5.41) is 21.2. The SMILES string of the molecule is CNc1ccc(C(CO)COc2cncc3nnc(-c4ccc(OC(F)F)cc4)n23)cc1. The van der Waals surface area contributed by atoms with Gasteiger partial charge in [0, 0.05) is 24.2 Å². The minimum Gasteiger partial charge on any atom is -0.477 e. The highest BCUT2D eigenvalue weighted by molar-refractivity contribution is 5.61. The molecule has 0 amide bonds. The highest BCUT2D eigenvalue weighted by Gasteiger charge is 2.17. The Morgan fingerprint density at radius 2 is 1.78 bits per heavy atom. The number of benzene rings is 2. The number of hydrogen-bond acceptors (Lipinski definition) is 7. The van der Waals surface area contributed by atoms with Crippen LogP contribution in [0.5, 0.6) is 11.6 Å². The zero-order valence-electron chi connectivity index (χ0n) is 17.2. The van der Waals surface area contributed by atoms with Gasteiger partial charge in [0.25, 0.3) is 0 Å². The summed E-state index contributed by atoms with van der Waals surface area (Å²) in [6, 6.07) is 13.8. The van der Waals surface area contributed by atoms with Crippen molar-refractivity contribution in [3.63, 3.8) is 0 Å². The van der Waals surface area contributed by atoms with Gasteiger partial charge in [-0.25, -0.2) is 4.40 Å². The number of hydrogen-bond donors (Lipinski definition) is 2. The fourth-order valence-electron chi connectivity index (χ4n) is 3.26. The van der Waals surface area contributed by atoms with E-state index in [4.69, 9.17) is 4.74 Å². The molecule has 10 heteroatoms. The number of aromatic nitrogens is 4. The van der Waals surface area contributed by atoms with Crippen molar-refractivity contribution in [1.29, 1.82) is 0 Å². The molecule has 32 heavy (non-hydrogen) atoms. The van der Waals surface area contributed by atoms with E-state index in [0.29, 0.717) is 22.9 Å². The number of halogens is 2. The molecule has 2 aromatic carbocycles. The Morgan fingerprint density at radius 3 is 2.44 bits per heavy atom. The summed E-state index contributed by atoms with van der Waals surface area (Å²) in [6.07, 6.45) is 3.07. The fraction of sp³-hybridized carbons (Fsp3) is 0.227. The van der Waals surface area contributed by atoms with E-state index in [-0.39, 0.29) is 24.9 Å². The lowest BCUT2D eigenvalue weighted by Crippen LogP contribution is -2.15. The average molecular weight is 441 g/mol. The first-order chi connectivity index (χ1) is 15.6. The zero-order valence-corrected chi connectivity index (χ0v) is 17.2. The van der Waals surface area contributed by atoms with Crippen LogP contribution in [0.15, 0.2) is 60.9 Å². The first-order valence-electron chi connectivity index (χ1n) is 9.84. The summed E-state index contributed by atoms with van der Waals surface area (Å²) in [7, 11) is 1.84. The Morgan fingerprint density at radius 1 is 1.03 bits per heavy atom. The number of aliphatic hydroxyl groups is 1. The highest BCUT2D eigenvalue weighted by atomic mass is 19.3. The van der Waals surface area contributed by atoms with Crippen molar-refractivity contribution >= 4 is 11.3 Å². The molecule has 8 nitrogen and oxygen atoms in total. The molecule has 0 aliphatic rings. The quantitative estimate of drug-likeness (QED) is 0.410. The van der Waals surface area contributed by atoms with E-state index < -0.39 is 6.61 Å². The zero-order chi connectivity index (χ0) is 22.5. The highest BCUT2D eigenvalue weighted by Crippen LogP contribution is 2.26. The van der Waals surface area contributed by atoms with Crippen LogP contribution in [0.2, 0.25) is 0 Å². The van der Waals surface area contributed by atoms with Gasteiger partial charge in [0.05, 0.1) is 25.6 Å². The monoisotopic (exact) mass is 441 g/mol. The van der Waals surface area contributed by atoms with E-state index in [1.165, 1.54) is 24.5 Å². The van der Waals surface area contributed by atoms with Crippen LogP contribution < -0.4 is 14.8 Å². The third-order valence-corrected chi connectivity index (χ3v) is 4.94. The number of anilines is 1. The van der Waals surface area contributed by atoms with Gasteiger partial charge in [-0.2, -0.15) is 8.78 Å². The Balaban J connectivity index is 1.58. The largest absolute Gasteiger partial charge is 0.477 e.